The number of aliphatic hydroxyl groups is 1. The van der Waals surface area contributed by atoms with E-state index in [1.165, 1.54) is 57.8 Å². The lowest BCUT2D eigenvalue weighted by atomic mass is 9.50. The van der Waals surface area contributed by atoms with Crippen LogP contribution in [0.3, 0.4) is 0 Å². The summed E-state index contributed by atoms with van der Waals surface area (Å²) in [5.41, 5.74) is 2.23. The standard InChI is InChI=1S/C19H30O/c1-2-19-11-5-8-16(19)15-10-9-13-6-3-4-7-14(13)18(15)17(20)12-19/h6,14-18,20H,2-5,7-12H2,1H3/t14-,15-,16-,17+,18+,19-/m0/s1. The van der Waals surface area contributed by atoms with E-state index in [9.17, 15) is 5.11 Å². The molecular formula is C19H30O. The van der Waals surface area contributed by atoms with Crippen LogP contribution in [-0.4, -0.2) is 11.2 Å². The summed E-state index contributed by atoms with van der Waals surface area (Å²) in [6, 6.07) is 0. The molecule has 0 aliphatic heterocycles. The minimum Gasteiger partial charge on any atom is -0.393 e. The number of hydrogen-bond acceptors (Lipinski definition) is 1. The summed E-state index contributed by atoms with van der Waals surface area (Å²) in [6.07, 6.45) is 15.9. The van der Waals surface area contributed by atoms with Gasteiger partial charge in [-0.3, -0.25) is 0 Å². The molecule has 4 aliphatic carbocycles. The molecule has 112 valence electrons. The molecule has 6 atom stereocenters. The molecule has 1 nitrogen and oxygen atoms in total. The average Bonchev–Trinajstić information content (AvgIpc) is 2.91. The van der Waals surface area contributed by atoms with E-state index in [0.29, 0.717) is 11.3 Å². The molecule has 3 saturated carbocycles. The van der Waals surface area contributed by atoms with Crippen molar-refractivity contribution in [1.82, 2.24) is 0 Å². The Labute approximate surface area is 123 Å². The second kappa shape index (κ2) is 4.87. The van der Waals surface area contributed by atoms with Gasteiger partial charge in [-0.25, -0.2) is 0 Å². The van der Waals surface area contributed by atoms with Crippen molar-refractivity contribution in [1.29, 1.82) is 0 Å². The van der Waals surface area contributed by atoms with E-state index in [2.05, 4.69) is 13.0 Å². The smallest absolute Gasteiger partial charge is 0.0582 e. The summed E-state index contributed by atoms with van der Waals surface area (Å²) in [5, 5.41) is 11.0. The van der Waals surface area contributed by atoms with Crippen molar-refractivity contribution >= 4 is 0 Å². The largest absolute Gasteiger partial charge is 0.393 e. The summed E-state index contributed by atoms with van der Waals surface area (Å²) in [5.74, 6) is 3.12. The summed E-state index contributed by atoms with van der Waals surface area (Å²) in [4.78, 5) is 0. The topological polar surface area (TPSA) is 20.2 Å². The Hall–Kier alpha value is -0.300. The minimum absolute atomic E-state index is 0.0129. The Bertz CT molecular complexity index is 412. The molecule has 0 unspecified atom stereocenters. The van der Waals surface area contributed by atoms with Crippen molar-refractivity contribution in [3.63, 3.8) is 0 Å². The Kier molecular flexibility index (Phi) is 3.25. The first-order valence-corrected chi connectivity index (χ1v) is 9.12. The van der Waals surface area contributed by atoms with Crippen LogP contribution in [0.2, 0.25) is 0 Å². The van der Waals surface area contributed by atoms with Crippen molar-refractivity contribution in [3.8, 4) is 0 Å². The summed E-state index contributed by atoms with van der Waals surface area (Å²) in [6.45, 7) is 2.38. The first-order chi connectivity index (χ1) is 9.75. The van der Waals surface area contributed by atoms with Crippen LogP contribution in [0.25, 0.3) is 0 Å². The van der Waals surface area contributed by atoms with E-state index in [0.717, 1.165) is 24.2 Å². The van der Waals surface area contributed by atoms with Gasteiger partial charge in [-0.15, -0.1) is 0 Å². The molecule has 4 aliphatic rings. The molecule has 0 bridgehead atoms. The van der Waals surface area contributed by atoms with Crippen LogP contribution in [-0.2, 0) is 0 Å². The lowest BCUT2D eigenvalue weighted by Gasteiger charge is -2.55. The first kappa shape index (κ1) is 13.4. The summed E-state index contributed by atoms with van der Waals surface area (Å²) in [7, 11) is 0. The number of hydrogen-bond donors (Lipinski definition) is 1. The van der Waals surface area contributed by atoms with Gasteiger partial charge in [0.25, 0.3) is 0 Å². The number of aliphatic hydroxyl groups excluding tert-OH is 1. The summed E-state index contributed by atoms with van der Waals surface area (Å²) < 4.78 is 0. The molecule has 0 amide bonds. The van der Waals surface area contributed by atoms with E-state index in [-0.39, 0.29) is 6.10 Å². The van der Waals surface area contributed by atoms with Crippen molar-refractivity contribution in [3.05, 3.63) is 11.6 Å². The van der Waals surface area contributed by atoms with Crippen molar-refractivity contribution in [2.24, 2.45) is 29.1 Å². The van der Waals surface area contributed by atoms with Gasteiger partial charge in [0.05, 0.1) is 6.10 Å². The van der Waals surface area contributed by atoms with Gasteiger partial charge in [0.1, 0.15) is 0 Å². The lowest BCUT2D eigenvalue weighted by molar-refractivity contribution is -0.0993. The van der Waals surface area contributed by atoms with Gasteiger partial charge in [0, 0.05) is 0 Å². The summed E-state index contributed by atoms with van der Waals surface area (Å²) >= 11 is 0. The molecule has 0 spiro atoms. The van der Waals surface area contributed by atoms with Crippen LogP contribution in [0.5, 0.6) is 0 Å². The number of rotatable bonds is 1. The molecule has 0 aromatic rings. The third-order valence-corrected chi connectivity index (χ3v) is 7.58. The molecule has 0 aromatic heterocycles. The van der Waals surface area contributed by atoms with Crippen LogP contribution in [0.4, 0.5) is 0 Å². The first-order valence-electron chi connectivity index (χ1n) is 9.12. The zero-order valence-corrected chi connectivity index (χ0v) is 13.0. The Morgan fingerprint density at radius 1 is 1.25 bits per heavy atom. The normalized spacial score (nSPS) is 50.9. The average molecular weight is 274 g/mol. The predicted molar refractivity (Wildman–Crippen MR) is 82.3 cm³/mol. The fourth-order valence-corrected chi connectivity index (χ4v) is 6.76. The van der Waals surface area contributed by atoms with Gasteiger partial charge in [0.15, 0.2) is 0 Å². The van der Waals surface area contributed by atoms with E-state index in [4.69, 9.17) is 0 Å². The van der Waals surface area contributed by atoms with Crippen molar-refractivity contribution < 1.29 is 5.11 Å². The Balaban J connectivity index is 1.68. The molecule has 0 saturated heterocycles. The molecule has 1 N–H and O–H groups in total. The molecule has 0 heterocycles. The molecule has 4 rings (SSSR count). The van der Waals surface area contributed by atoms with E-state index in [1.807, 2.05) is 0 Å². The fourth-order valence-electron chi connectivity index (χ4n) is 6.76. The van der Waals surface area contributed by atoms with Crippen LogP contribution in [0.1, 0.15) is 71.1 Å². The van der Waals surface area contributed by atoms with Gasteiger partial charge < -0.3 is 5.11 Å². The minimum atomic E-state index is -0.0129. The van der Waals surface area contributed by atoms with Crippen LogP contribution < -0.4 is 0 Å². The van der Waals surface area contributed by atoms with E-state index < -0.39 is 0 Å². The Morgan fingerprint density at radius 3 is 3.00 bits per heavy atom. The van der Waals surface area contributed by atoms with Gasteiger partial charge >= 0.3 is 0 Å². The molecule has 0 radical (unpaired) electrons. The molecular weight excluding hydrogens is 244 g/mol. The second-order valence-corrected chi connectivity index (χ2v) is 8.08. The van der Waals surface area contributed by atoms with Crippen molar-refractivity contribution in [2.75, 3.05) is 0 Å². The molecule has 1 heteroatoms. The monoisotopic (exact) mass is 274 g/mol. The van der Waals surface area contributed by atoms with Crippen LogP contribution in [0, 0.1) is 29.1 Å². The number of fused-ring (bicyclic) bond motifs is 5. The fraction of sp³-hybridized carbons (Fsp3) is 0.895. The zero-order valence-electron chi connectivity index (χ0n) is 13.0. The number of allylic oxidation sites excluding steroid dienone is 2. The van der Waals surface area contributed by atoms with Crippen LogP contribution in [0.15, 0.2) is 11.6 Å². The van der Waals surface area contributed by atoms with Gasteiger partial charge in [-0.05, 0) is 80.5 Å². The van der Waals surface area contributed by atoms with E-state index >= 15 is 0 Å². The molecule has 3 fully saturated rings. The maximum absolute atomic E-state index is 11.0. The quantitative estimate of drug-likeness (QED) is 0.687. The van der Waals surface area contributed by atoms with Gasteiger partial charge in [0.2, 0.25) is 0 Å². The highest BCUT2D eigenvalue weighted by atomic mass is 16.3. The third-order valence-electron chi connectivity index (χ3n) is 7.58. The maximum atomic E-state index is 11.0. The molecule has 0 aromatic carbocycles. The maximum Gasteiger partial charge on any atom is 0.0582 e. The van der Waals surface area contributed by atoms with Crippen LogP contribution >= 0.6 is 0 Å². The predicted octanol–water partition coefficient (Wildman–Crippen LogP) is 4.70. The van der Waals surface area contributed by atoms with Crippen molar-refractivity contribution in [2.45, 2.75) is 77.2 Å². The second-order valence-electron chi connectivity index (χ2n) is 8.08. The van der Waals surface area contributed by atoms with E-state index in [1.54, 1.807) is 5.57 Å². The molecule has 20 heavy (non-hydrogen) atoms. The highest BCUT2D eigenvalue weighted by Gasteiger charge is 2.56. The SMILES string of the molecule is CC[C@@]12CCC[C@H]1[C@@H]1CCC3=CCCC[C@@H]3[C@H]1[C@H](O)C2. The highest BCUT2D eigenvalue weighted by molar-refractivity contribution is 5.19. The van der Waals surface area contributed by atoms with Gasteiger partial charge in [-0.1, -0.05) is 31.4 Å². The highest BCUT2D eigenvalue weighted by Crippen LogP contribution is 2.63. The third kappa shape index (κ3) is 1.78. The van der Waals surface area contributed by atoms with Gasteiger partial charge in [-0.2, -0.15) is 0 Å². The Morgan fingerprint density at radius 2 is 2.15 bits per heavy atom. The zero-order chi connectivity index (χ0) is 13.7. The lowest BCUT2D eigenvalue weighted by Crippen LogP contribution is -2.52.